The quantitative estimate of drug-likeness (QED) is 0.240. The number of carbonyl (C=O) groups excluding carboxylic acids is 4. The van der Waals surface area contributed by atoms with Crippen molar-refractivity contribution < 1.29 is 103 Å². The fourth-order valence-corrected chi connectivity index (χ4v) is 0.965. The van der Waals surface area contributed by atoms with E-state index < -0.39 is 32.7 Å². The Morgan fingerprint density at radius 2 is 0.950 bits per heavy atom. The number of aliphatic hydroxyl groups is 2. The maximum atomic E-state index is 10.0. The minimum atomic E-state index is -1.38. The van der Waals surface area contributed by atoms with Gasteiger partial charge in [-0.15, -0.1) is 0 Å². The van der Waals surface area contributed by atoms with Crippen LogP contribution in [0.3, 0.4) is 0 Å². The molecule has 6 nitrogen and oxygen atoms in total. The van der Waals surface area contributed by atoms with Crippen LogP contribution in [0.5, 0.6) is 0 Å². The fraction of sp³-hybridized carbons (Fsp3) is 0.500. The third-order valence-corrected chi connectivity index (χ3v) is 2.14. The minimum Gasteiger partial charge on any atom is -0.742 e. The van der Waals surface area contributed by atoms with Crippen molar-refractivity contribution in [2.45, 2.75) is 25.0 Å². The van der Waals surface area contributed by atoms with Gasteiger partial charge in [0.1, 0.15) is 0 Å². The van der Waals surface area contributed by atoms with E-state index in [9.17, 15) is 19.2 Å². The smallest absolute Gasteiger partial charge is 0.742 e. The summed E-state index contributed by atoms with van der Waals surface area (Å²) in [5.41, 5.74) is 0. The van der Waals surface area contributed by atoms with Crippen molar-refractivity contribution in [2.24, 2.45) is 0 Å². The minimum absolute atomic E-state index is 0. The largest absolute Gasteiger partial charge is 3.00 e. The van der Waals surface area contributed by atoms with Gasteiger partial charge in [-0.05, 0) is 0 Å². The van der Waals surface area contributed by atoms with Crippen molar-refractivity contribution in [1.29, 1.82) is 0 Å². The summed E-state index contributed by atoms with van der Waals surface area (Å²) in [5.74, 6) is 0. The third-order valence-electron chi connectivity index (χ3n) is 1.26. The van der Waals surface area contributed by atoms with Crippen LogP contribution in [-0.2, 0) is 92.1 Å². The van der Waals surface area contributed by atoms with Gasteiger partial charge >= 0.3 is 73.8 Å². The molecule has 2 atom stereocenters. The Labute approximate surface area is 196 Å². The molecule has 2 N–H and O–H groups in total. The van der Waals surface area contributed by atoms with Crippen LogP contribution >= 0.6 is 0 Å². The summed E-state index contributed by atoms with van der Waals surface area (Å²) in [5, 5.41) is 14.1. The maximum Gasteiger partial charge on any atom is 3.00 e. The zero-order chi connectivity index (χ0) is 14.9. The molecule has 0 aromatic heterocycles. The number of carbonyl (C=O) groups is 4. The molecular formula is C8H8AuKO6S4. The summed E-state index contributed by atoms with van der Waals surface area (Å²) in [6.45, 7) is 0. The standard InChI is InChI=1S/2C4H6O3S2.Au.K/c2*5-2(4(7)9)1-3(6)8;;/h2*2,5H,1H2,(H,6,8)(H,7,9);;/q;;+3;+1/p-4. The molecule has 0 rings (SSSR count). The van der Waals surface area contributed by atoms with E-state index in [2.05, 4.69) is 50.5 Å². The molecule has 112 valence electrons. The summed E-state index contributed by atoms with van der Waals surface area (Å²) in [4.78, 5) is 40.1. The molecule has 0 amide bonds. The Kier molecular flexibility index (Phi) is 25.7. The SMILES string of the molecule is O=C([S-])CC(O)C(=O)[S-].O=C([S-])CC(O)C(=O)[S-].[Au+3].[K+]. The van der Waals surface area contributed by atoms with E-state index in [0.717, 1.165) is 0 Å². The summed E-state index contributed by atoms with van der Waals surface area (Å²) < 4.78 is 0. The second-order valence-electron chi connectivity index (χ2n) is 2.82. The van der Waals surface area contributed by atoms with Crippen LogP contribution in [0.25, 0.3) is 0 Å². The van der Waals surface area contributed by atoms with E-state index in [-0.39, 0.29) is 86.6 Å². The van der Waals surface area contributed by atoms with E-state index >= 15 is 0 Å². The van der Waals surface area contributed by atoms with E-state index in [0.29, 0.717) is 0 Å². The van der Waals surface area contributed by atoms with Crippen molar-refractivity contribution in [2.75, 3.05) is 0 Å². The number of hydrogen-bond donors (Lipinski definition) is 2. The van der Waals surface area contributed by atoms with Gasteiger partial charge in [-0.1, -0.05) is 0 Å². The van der Waals surface area contributed by atoms with Crippen molar-refractivity contribution in [3.63, 3.8) is 0 Å². The first kappa shape index (κ1) is 29.8. The molecule has 0 aliphatic carbocycles. The summed E-state index contributed by atoms with van der Waals surface area (Å²) in [6.07, 6.45) is -3.47. The average molecular weight is 564 g/mol. The normalized spacial score (nSPS) is 11.3. The molecule has 0 saturated heterocycles. The van der Waals surface area contributed by atoms with Gasteiger partial charge in [0.2, 0.25) is 0 Å². The monoisotopic (exact) mass is 564 g/mol. The zero-order valence-electron chi connectivity index (χ0n) is 10.0. The van der Waals surface area contributed by atoms with Gasteiger partial charge in [0.25, 0.3) is 0 Å². The van der Waals surface area contributed by atoms with Gasteiger partial charge in [-0.2, -0.15) is 0 Å². The Hall–Kier alpha value is 1.86. The number of aliphatic hydroxyl groups excluding tert-OH is 2. The summed E-state index contributed by atoms with van der Waals surface area (Å²) in [7, 11) is 0. The first-order valence-electron chi connectivity index (χ1n) is 4.25. The van der Waals surface area contributed by atoms with Crippen molar-refractivity contribution in [3.05, 3.63) is 0 Å². The summed E-state index contributed by atoms with van der Waals surface area (Å²) in [6, 6.07) is 0. The van der Waals surface area contributed by atoms with Gasteiger partial charge in [-0.25, -0.2) is 0 Å². The van der Waals surface area contributed by atoms with Gasteiger partial charge in [-0.3, -0.25) is 0 Å². The predicted molar refractivity (Wildman–Crippen MR) is 70.7 cm³/mol. The molecule has 0 aromatic rings. The molecular weight excluding hydrogens is 556 g/mol. The molecule has 0 fully saturated rings. The van der Waals surface area contributed by atoms with Gasteiger partial charge in [0, 0.05) is 33.3 Å². The average Bonchev–Trinajstić information content (AvgIpc) is 2.16. The predicted octanol–water partition coefficient (Wildman–Crippen LogP) is -5.23. The van der Waals surface area contributed by atoms with Gasteiger partial charge in [0.05, 0.1) is 12.2 Å². The second kappa shape index (κ2) is 17.2. The van der Waals surface area contributed by atoms with Crippen LogP contribution in [0.15, 0.2) is 0 Å². The van der Waals surface area contributed by atoms with E-state index in [4.69, 9.17) is 10.2 Å². The molecule has 0 saturated carbocycles. The molecule has 12 heteroatoms. The Morgan fingerprint density at radius 3 is 1.00 bits per heavy atom. The molecule has 0 heterocycles. The fourth-order valence-electron chi connectivity index (χ4n) is 0.482. The van der Waals surface area contributed by atoms with Crippen molar-refractivity contribution in [3.8, 4) is 0 Å². The second-order valence-corrected chi connectivity index (χ2v) is 4.54. The van der Waals surface area contributed by atoms with Crippen LogP contribution < -0.4 is 51.4 Å². The van der Waals surface area contributed by atoms with Crippen LogP contribution in [-0.4, -0.2) is 42.9 Å². The molecule has 0 aromatic carbocycles. The Morgan fingerprint density at radius 1 is 0.750 bits per heavy atom. The van der Waals surface area contributed by atoms with Crippen molar-refractivity contribution in [1.82, 2.24) is 0 Å². The maximum absolute atomic E-state index is 10.0. The summed E-state index contributed by atoms with van der Waals surface area (Å²) >= 11 is 16.2. The van der Waals surface area contributed by atoms with Gasteiger partial charge in [0.15, 0.2) is 0 Å². The zero-order valence-corrected chi connectivity index (χ0v) is 18.6. The molecule has 0 radical (unpaired) electrons. The van der Waals surface area contributed by atoms with E-state index in [1.54, 1.807) is 0 Å². The van der Waals surface area contributed by atoms with E-state index in [1.165, 1.54) is 0 Å². The first-order valence-corrected chi connectivity index (χ1v) is 5.88. The van der Waals surface area contributed by atoms with Crippen LogP contribution in [0.4, 0.5) is 0 Å². The Balaban J connectivity index is -0.000000116. The molecule has 0 spiro atoms. The van der Waals surface area contributed by atoms with Crippen molar-refractivity contribution >= 4 is 71.0 Å². The number of rotatable bonds is 6. The molecule has 0 aliphatic rings. The molecule has 2 unspecified atom stereocenters. The molecule has 0 bridgehead atoms. The topological polar surface area (TPSA) is 109 Å². The Bertz CT molecular complexity index is 311. The van der Waals surface area contributed by atoms with Crippen LogP contribution in [0, 0.1) is 0 Å². The third kappa shape index (κ3) is 22.1. The van der Waals surface area contributed by atoms with Gasteiger partial charge < -0.3 is 79.9 Å². The van der Waals surface area contributed by atoms with Crippen LogP contribution in [0.1, 0.15) is 12.8 Å². The molecule has 20 heavy (non-hydrogen) atoms. The van der Waals surface area contributed by atoms with Crippen LogP contribution in [0.2, 0.25) is 0 Å². The van der Waals surface area contributed by atoms with E-state index in [1.807, 2.05) is 0 Å². The molecule has 0 aliphatic heterocycles. The number of hydrogen-bond acceptors (Lipinski definition) is 10. The first-order chi connectivity index (χ1) is 8.07.